The van der Waals surface area contributed by atoms with Gasteiger partial charge >= 0.3 is 5.97 Å². The van der Waals surface area contributed by atoms with Gasteiger partial charge in [-0.15, -0.1) is 0 Å². The summed E-state index contributed by atoms with van der Waals surface area (Å²) in [4.78, 5) is 26.4. The Bertz CT molecular complexity index is 1150. The van der Waals surface area contributed by atoms with E-state index in [1.165, 1.54) is 62.0 Å². The highest BCUT2D eigenvalue weighted by atomic mass is 79.9. The zero-order valence-electron chi connectivity index (χ0n) is 22.1. The number of aliphatic carboxylic acids is 1. The Morgan fingerprint density at radius 3 is 1.89 bits per heavy atom. The number of carboxylic acid groups (broad SMARTS) is 1. The Morgan fingerprint density at radius 1 is 0.868 bits per heavy atom. The molecule has 9 heteroatoms. The first-order valence-corrected chi connectivity index (χ1v) is 15.9. The highest BCUT2D eigenvalue weighted by Gasteiger charge is 2.43. The van der Waals surface area contributed by atoms with Crippen LogP contribution in [0.3, 0.4) is 0 Å². The monoisotopic (exact) mass is 606 g/mol. The van der Waals surface area contributed by atoms with Gasteiger partial charge in [0.05, 0.1) is 11.4 Å². The van der Waals surface area contributed by atoms with Crippen LogP contribution in [-0.2, 0) is 19.6 Å². The van der Waals surface area contributed by atoms with Crippen molar-refractivity contribution in [3.63, 3.8) is 0 Å². The van der Waals surface area contributed by atoms with E-state index in [-0.39, 0.29) is 17.3 Å². The molecule has 1 saturated heterocycles. The lowest BCUT2D eigenvalue weighted by Gasteiger charge is -2.38. The summed E-state index contributed by atoms with van der Waals surface area (Å²) in [6.45, 7) is 2.06. The van der Waals surface area contributed by atoms with E-state index in [0.29, 0.717) is 6.54 Å². The number of halogens is 1. The molecule has 2 aromatic rings. The molecule has 1 amide bonds. The van der Waals surface area contributed by atoms with Crippen molar-refractivity contribution in [3.05, 3.63) is 53.0 Å². The van der Waals surface area contributed by atoms with Gasteiger partial charge in [-0.2, -0.15) is 4.31 Å². The van der Waals surface area contributed by atoms with Crippen LogP contribution in [0.4, 0.5) is 0 Å². The number of hydrogen-bond donors (Lipinski definition) is 1. The summed E-state index contributed by atoms with van der Waals surface area (Å²) >= 11 is 3.40. The number of unbranched alkanes of at least 4 members (excludes halogenated alkanes) is 9. The van der Waals surface area contributed by atoms with Gasteiger partial charge in [0.15, 0.2) is 0 Å². The molecule has 1 N–H and O–H groups in total. The number of rotatable bonds is 15. The highest BCUT2D eigenvalue weighted by Crippen LogP contribution is 2.27. The quantitative estimate of drug-likeness (QED) is 0.239. The third kappa shape index (κ3) is 8.38. The summed E-state index contributed by atoms with van der Waals surface area (Å²) in [7, 11) is -4.16. The van der Waals surface area contributed by atoms with Crippen molar-refractivity contribution < 1.29 is 23.1 Å². The van der Waals surface area contributed by atoms with Crippen LogP contribution < -0.4 is 0 Å². The first-order valence-electron chi connectivity index (χ1n) is 13.6. The summed E-state index contributed by atoms with van der Waals surface area (Å²) in [6.07, 6.45) is 11.7. The maximum atomic E-state index is 13.4. The largest absolute Gasteiger partial charge is 0.480 e. The van der Waals surface area contributed by atoms with Gasteiger partial charge in [-0.1, -0.05) is 105 Å². The maximum Gasteiger partial charge on any atom is 0.323 e. The van der Waals surface area contributed by atoms with E-state index in [9.17, 15) is 23.1 Å². The third-order valence-corrected chi connectivity index (χ3v) is 9.49. The predicted molar refractivity (Wildman–Crippen MR) is 153 cm³/mol. The van der Waals surface area contributed by atoms with Crippen molar-refractivity contribution in [2.45, 2.75) is 82.1 Å². The third-order valence-electron chi connectivity index (χ3n) is 7.09. The molecular weight excluding hydrogens is 568 g/mol. The fourth-order valence-corrected chi connectivity index (χ4v) is 6.59. The number of carbonyl (C=O) groups excluding carboxylic acids is 1. The minimum atomic E-state index is -4.16. The Balaban J connectivity index is 1.55. The Labute approximate surface area is 235 Å². The molecule has 208 valence electrons. The van der Waals surface area contributed by atoms with Gasteiger partial charge < -0.3 is 10.0 Å². The molecule has 2 aromatic carbocycles. The van der Waals surface area contributed by atoms with Crippen LogP contribution in [-0.4, -0.2) is 60.3 Å². The molecule has 0 aromatic heterocycles. The smallest absolute Gasteiger partial charge is 0.323 e. The minimum Gasteiger partial charge on any atom is -0.480 e. The van der Waals surface area contributed by atoms with Gasteiger partial charge in [-0.3, -0.25) is 9.59 Å². The second kappa shape index (κ2) is 14.8. The standard InChI is InChI=1S/C29H39BrN2O5S/c1-2-3-4-5-6-7-8-9-10-11-20-31-21-27(29(34)35)32(22-28(31)33)38(36,37)26-18-14-24(15-19-26)23-12-16-25(30)17-13-23/h12-19,27H,2-11,20-22H2,1H3,(H,34,35). The lowest BCUT2D eigenvalue weighted by molar-refractivity contribution is -0.148. The molecule has 1 fully saturated rings. The van der Waals surface area contributed by atoms with E-state index in [0.717, 1.165) is 39.2 Å². The molecule has 0 saturated carbocycles. The molecule has 1 heterocycles. The topological polar surface area (TPSA) is 95.0 Å². The second-order valence-electron chi connectivity index (χ2n) is 9.96. The zero-order chi connectivity index (χ0) is 27.5. The number of amides is 1. The molecule has 0 bridgehead atoms. The van der Waals surface area contributed by atoms with Gasteiger partial charge in [-0.25, -0.2) is 8.42 Å². The van der Waals surface area contributed by atoms with Crippen molar-refractivity contribution in [1.82, 2.24) is 9.21 Å². The van der Waals surface area contributed by atoms with E-state index >= 15 is 0 Å². The zero-order valence-corrected chi connectivity index (χ0v) is 24.6. The van der Waals surface area contributed by atoms with E-state index in [4.69, 9.17) is 0 Å². The normalized spacial score (nSPS) is 16.6. The van der Waals surface area contributed by atoms with Crippen LogP contribution in [0.2, 0.25) is 0 Å². The maximum absolute atomic E-state index is 13.4. The van der Waals surface area contributed by atoms with Crippen molar-refractivity contribution in [2.24, 2.45) is 0 Å². The summed E-state index contributed by atoms with van der Waals surface area (Å²) in [5.41, 5.74) is 1.76. The highest BCUT2D eigenvalue weighted by molar-refractivity contribution is 9.10. The molecule has 38 heavy (non-hydrogen) atoms. The summed E-state index contributed by atoms with van der Waals surface area (Å²) < 4.78 is 28.5. The molecule has 1 aliphatic rings. The Morgan fingerprint density at radius 2 is 1.37 bits per heavy atom. The Hall–Kier alpha value is -2.23. The van der Waals surface area contributed by atoms with Crippen molar-refractivity contribution in [2.75, 3.05) is 19.6 Å². The van der Waals surface area contributed by atoms with Crippen LogP contribution >= 0.6 is 15.9 Å². The fraction of sp³-hybridized carbons (Fsp3) is 0.517. The number of sulfonamides is 1. The van der Waals surface area contributed by atoms with Crippen LogP contribution in [0, 0.1) is 0 Å². The van der Waals surface area contributed by atoms with Crippen molar-refractivity contribution >= 4 is 37.8 Å². The number of nitrogens with zero attached hydrogens (tertiary/aromatic N) is 2. The van der Waals surface area contributed by atoms with Crippen molar-refractivity contribution in [1.29, 1.82) is 0 Å². The molecular formula is C29H39BrN2O5S. The predicted octanol–water partition coefficient (Wildman–Crippen LogP) is 6.32. The van der Waals surface area contributed by atoms with E-state index in [2.05, 4.69) is 22.9 Å². The Kier molecular flexibility index (Phi) is 11.8. The number of carboxylic acids is 1. The van der Waals surface area contributed by atoms with E-state index < -0.39 is 28.6 Å². The van der Waals surface area contributed by atoms with E-state index in [1.54, 1.807) is 12.1 Å². The van der Waals surface area contributed by atoms with Gasteiger partial charge in [0, 0.05) is 17.6 Å². The van der Waals surface area contributed by atoms with Crippen molar-refractivity contribution in [3.8, 4) is 11.1 Å². The first kappa shape index (κ1) is 30.3. The molecule has 1 atom stereocenters. The molecule has 3 rings (SSSR count). The van der Waals surface area contributed by atoms with Gasteiger partial charge in [-0.05, 0) is 41.8 Å². The van der Waals surface area contributed by atoms with E-state index in [1.807, 2.05) is 24.3 Å². The first-order chi connectivity index (χ1) is 18.2. The molecule has 0 spiro atoms. The average Bonchev–Trinajstić information content (AvgIpc) is 2.90. The molecule has 1 unspecified atom stereocenters. The van der Waals surface area contributed by atoms with Crippen LogP contribution in [0.25, 0.3) is 11.1 Å². The lowest BCUT2D eigenvalue weighted by atomic mass is 10.1. The van der Waals surface area contributed by atoms with Crippen LogP contribution in [0.15, 0.2) is 57.9 Å². The SMILES string of the molecule is CCCCCCCCCCCCN1CC(C(=O)O)N(S(=O)(=O)c2ccc(-c3ccc(Br)cc3)cc2)CC1=O. The lowest BCUT2D eigenvalue weighted by Crippen LogP contribution is -2.60. The number of piperazine rings is 1. The molecule has 0 radical (unpaired) electrons. The van der Waals surface area contributed by atoms with Gasteiger partial charge in [0.25, 0.3) is 0 Å². The fourth-order valence-electron chi connectivity index (χ4n) is 4.80. The van der Waals surface area contributed by atoms with Crippen LogP contribution in [0.5, 0.6) is 0 Å². The van der Waals surface area contributed by atoms with Crippen LogP contribution in [0.1, 0.15) is 71.1 Å². The minimum absolute atomic E-state index is 0.0273. The molecule has 7 nitrogen and oxygen atoms in total. The van der Waals surface area contributed by atoms with Gasteiger partial charge in [0.1, 0.15) is 6.04 Å². The number of carbonyl (C=O) groups is 2. The second-order valence-corrected chi connectivity index (χ2v) is 12.8. The number of hydrogen-bond acceptors (Lipinski definition) is 4. The molecule has 1 aliphatic heterocycles. The number of benzene rings is 2. The summed E-state index contributed by atoms with van der Waals surface area (Å²) in [6, 6.07) is 12.6. The average molecular weight is 608 g/mol. The van der Waals surface area contributed by atoms with Gasteiger partial charge in [0.2, 0.25) is 15.9 Å². The molecule has 0 aliphatic carbocycles. The summed E-state index contributed by atoms with van der Waals surface area (Å²) in [5, 5.41) is 9.84. The summed E-state index contributed by atoms with van der Waals surface area (Å²) in [5.74, 6) is -1.60.